The van der Waals surface area contributed by atoms with Gasteiger partial charge in [0.2, 0.25) is 0 Å². The summed E-state index contributed by atoms with van der Waals surface area (Å²) in [4.78, 5) is 10.5. The molecule has 4 rings (SSSR count). The van der Waals surface area contributed by atoms with Crippen molar-refractivity contribution in [2.75, 3.05) is 33.0 Å². The highest BCUT2D eigenvalue weighted by Gasteiger charge is 2.18. The van der Waals surface area contributed by atoms with Gasteiger partial charge in [-0.25, -0.2) is 13.4 Å². The van der Waals surface area contributed by atoms with Crippen molar-refractivity contribution < 1.29 is 13.2 Å². The number of aromatic nitrogens is 2. The number of benzene rings is 2. The highest BCUT2D eigenvalue weighted by molar-refractivity contribution is 7.91. The Morgan fingerprint density at radius 3 is 2.69 bits per heavy atom. The summed E-state index contributed by atoms with van der Waals surface area (Å²) >= 11 is 0. The van der Waals surface area contributed by atoms with Crippen LogP contribution in [0.25, 0.3) is 33.1 Å². The highest BCUT2D eigenvalue weighted by Crippen LogP contribution is 2.39. The van der Waals surface area contributed by atoms with Crippen molar-refractivity contribution in [2.45, 2.75) is 25.2 Å². The Morgan fingerprint density at radius 1 is 1.12 bits per heavy atom. The van der Waals surface area contributed by atoms with Crippen LogP contribution in [0, 0.1) is 6.92 Å². The molecular formula is C25H29N3O3S. The molecule has 2 aromatic carbocycles. The third-order valence-corrected chi connectivity index (χ3v) is 7.33. The van der Waals surface area contributed by atoms with E-state index in [2.05, 4.69) is 20.9 Å². The van der Waals surface area contributed by atoms with Crippen LogP contribution in [0.2, 0.25) is 0 Å². The summed E-state index contributed by atoms with van der Waals surface area (Å²) in [6, 6.07) is 13.2. The minimum Gasteiger partial charge on any atom is -0.491 e. The van der Waals surface area contributed by atoms with E-state index in [0.717, 1.165) is 57.3 Å². The molecule has 0 spiro atoms. The number of hydrogen-bond acceptors (Lipinski definition) is 5. The van der Waals surface area contributed by atoms with Crippen LogP contribution < -0.4 is 4.74 Å². The van der Waals surface area contributed by atoms with Crippen LogP contribution in [0.15, 0.2) is 53.6 Å². The molecule has 2 heterocycles. The number of nitrogens with zero attached hydrogens (tertiary/aromatic N) is 2. The number of H-pyrrole nitrogens is 1. The number of aromatic amines is 1. The van der Waals surface area contributed by atoms with Gasteiger partial charge < -0.3 is 14.6 Å². The van der Waals surface area contributed by atoms with Crippen LogP contribution >= 0.6 is 0 Å². The lowest BCUT2D eigenvalue weighted by Gasteiger charge is -2.13. The minimum atomic E-state index is -3.30. The fourth-order valence-corrected chi connectivity index (χ4v) is 4.84. The highest BCUT2D eigenvalue weighted by atomic mass is 32.2. The third kappa shape index (κ3) is 4.36. The van der Waals surface area contributed by atoms with E-state index in [0.29, 0.717) is 11.5 Å². The summed E-state index contributed by atoms with van der Waals surface area (Å²) in [6.07, 6.45) is 2.76. The second-order valence-corrected chi connectivity index (χ2v) is 10.6. The molecule has 7 heteroatoms. The van der Waals surface area contributed by atoms with Crippen molar-refractivity contribution in [3.05, 3.63) is 54.2 Å². The van der Waals surface area contributed by atoms with Gasteiger partial charge in [-0.2, -0.15) is 0 Å². The fraction of sp³-hybridized carbons (Fsp3) is 0.320. The SMILES string of the molecule is CCS(=O)(=O)c1cccc(-c2ccc(OCCCN(C)C)c3[nH]c4ncc(C)cc4c23)c1. The van der Waals surface area contributed by atoms with E-state index in [-0.39, 0.29) is 5.75 Å². The van der Waals surface area contributed by atoms with Crippen LogP contribution in [-0.4, -0.2) is 56.3 Å². The fourth-order valence-electron chi connectivity index (χ4n) is 3.91. The van der Waals surface area contributed by atoms with Crippen LogP contribution in [-0.2, 0) is 9.84 Å². The summed E-state index contributed by atoms with van der Waals surface area (Å²) in [5, 5.41) is 1.99. The smallest absolute Gasteiger partial charge is 0.178 e. The van der Waals surface area contributed by atoms with Gasteiger partial charge in [0.05, 0.1) is 22.8 Å². The Hall–Kier alpha value is -2.90. The number of ether oxygens (including phenoxy) is 1. The van der Waals surface area contributed by atoms with Crippen molar-refractivity contribution in [2.24, 2.45) is 0 Å². The number of rotatable bonds is 8. The van der Waals surface area contributed by atoms with Crippen LogP contribution in [0.5, 0.6) is 5.75 Å². The maximum Gasteiger partial charge on any atom is 0.178 e. The lowest BCUT2D eigenvalue weighted by Crippen LogP contribution is -2.15. The Morgan fingerprint density at radius 2 is 1.94 bits per heavy atom. The monoisotopic (exact) mass is 451 g/mol. The van der Waals surface area contributed by atoms with Gasteiger partial charge in [-0.05, 0) is 74.5 Å². The Labute approximate surface area is 189 Å². The average molecular weight is 452 g/mol. The molecule has 0 saturated heterocycles. The number of aryl methyl sites for hydroxylation is 1. The zero-order chi connectivity index (χ0) is 22.9. The van der Waals surface area contributed by atoms with Crippen molar-refractivity contribution in [1.82, 2.24) is 14.9 Å². The second kappa shape index (κ2) is 8.92. The first-order valence-electron chi connectivity index (χ1n) is 10.8. The van der Waals surface area contributed by atoms with E-state index in [1.165, 1.54) is 0 Å². The quantitative estimate of drug-likeness (QED) is 0.389. The van der Waals surface area contributed by atoms with Gasteiger partial charge in [-0.3, -0.25) is 0 Å². The van der Waals surface area contributed by atoms with Crippen molar-refractivity contribution in [3.63, 3.8) is 0 Å². The molecule has 2 aromatic heterocycles. The molecule has 0 radical (unpaired) electrons. The maximum absolute atomic E-state index is 12.5. The Kier molecular flexibility index (Phi) is 6.22. The third-order valence-electron chi connectivity index (χ3n) is 5.60. The largest absolute Gasteiger partial charge is 0.491 e. The van der Waals surface area contributed by atoms with Crippen LogP contribution in [0.3, 0.4) is 0 Å². The number of sulfone groups is 1. The topological polar surface area (TPSA) is 75.3 Å². The molecule has 0 amide bonds. The van der Waals surface area contributed by atoms with E-state index in [1.54, 1.807) is 25.1 Å². The van der Waals surface area contributed by atoms with Crippen molar-refractivity contribution in [3.8, 4) is 16.9 Å². The molecular weight excluding hydrogens is 422 g/mol. The van der Waals surface area contributed by atoms with Crippen LogP contribution in [0.4, 0.5) is 0 Å². The minimum absolute atomic E-state index is 0.0712. The maximum atomic E-state index is 12.5. The molecule has 6 nitrogen and oxygen atoms in total. The zero-order valence-corrected chi connectivity index (χ0v) is 19.8. The molecule has 0 bridgehead atoms. The van der Waals surface area contributed by atoms with Gasteiger partial charge in [0, 0.05) is 23.5 Å². The van der Waals surface area contributed by atoms with E-state index < -0.39 is 9.84 Å². The Balaban J connectivity index is 1.87. The summed E-state index contributed by atoms with van der Waals surface area (Å²) in [5.74, 6) is 0.845. The lowest BCUT2D eigenvalue weighted by molar-refractivity contribution is 0.284. The summed E-state index contributed by atoms with van der Waals surface area (Å²) in [5.41, 5.74) is 4.53. The molecule has 1 N–H and O–H groups in total. The van der Waals surface area contributed by atoms with Crippen molar-refractivity contribution >= 4 is 31.8 Å². The predicted molar refractivity (Wildman–Crippen MR) is 130 cm³/mol. The van der Waals surface area contributed by atoms with Gasteiger partial charge in [-0.1, -0.05) is 19.1 Å². The van der Waals surface area contributed by atoms with Gasteiger partial charge in [0.15, 0.2) is 9.84 Å². The van der Waals surface area contributed by atoms with Crippen molar-refractivity contribution in [1.29, 1.82) is 0 Å². The van der Waals surface area contributed by atoms with Gasteiger partial charge in [0.25, 0.3) is 0 Å². The lowest BCUT2D eigenvalue weighted by atomic mass is 9.99. The van der Waals surface area contributed by atoms with E-state index >= 15 is 0 Å². The molecule has 0 aliphatic carbocycles. The molecule has 0 fully saturated rings. The zero-order valence-electron chi connectivity index (χ0n) is 19.0. The average Bonchev–Trinajstić information content (AvgIpc) is 3.15. The number of nitrogens with one attached hydrogen (secondary N) is 1. The molecule has 0 saturated carbocycles. The summed E-state index contributed by atoms with van der Waals surface area (Å²) in [7, 11) is 0.798. The predicted octanol–water partition coefficient (Wildman–Crippen LogP) is 4.82. The molecule has 0 atom stereocenters. The molecule has 4 aromatic rings. The van der Waals surface area contributed by atoms with Gasteiger partial charge >= 0.3 is 0 Å². The number of pyridine rings is 1. The molecule has 0 unspecified atom stereocenters. The van der Waals surface area contributed by atoms with Crippen LogP contribution in [0.1, 0.15) is 18.9 Å². The van der Waals surface area contributed by atoms with E-state index in [4.69, 9.17) is 4.74 Å². The number of hydrogen-bond donors (Lipinski definition) is 1. The molecule has 32 heavy (non-hydrogen) atoms. The van der Waals surface area contributed by atoms with Gasteiger partial charge in [0.1, 0.15) is 11.4 Å². The van der Waals surface area contributed by atoms with E-state index in [9.17, 15) is 8.42 Å². The van der Waals surface area contributed by atoms with E-state index in [1.807, 2.05) is 45.4 Å². The normalized spacial score (nSPS) is 12.2. The second-order valence-electron chi connectivity index (χ2n) is 8.33. The first-order valence-corrected chi connectivity index (χ1v) is 12.5. The first kappa shape index (κ1) is 22.3. The standard InChI is InChI=1S/C25H29N3O3S/c1-5-32(29,30)19-9-6-8-18(15-19)20-10-11-22(31-13-7-12-28(3)4)24-23(20)21-14-17(2)16-26-25(21)27-24/h6,8-11,14-16H,5,7,12-13H2,1-4H3,(H,26,27). The van der Waals surface area contributed by atoms with Gasteiger partial charge in [-0.15, -0.1) is 0 Å². The first-order chi connectivity index (χ1) is 15.3. The molecule has 168 valence electrons. The number of fused-ring (bicyclic) bond motifs is 3. The Bertz CT molecular complexity index is 1370. The summed E-state index contributed by atoms with van der Waals surface area (Å²) < 4.78 is 31.1. The summed E-state index contributed by atoms with van der Waals surface area (Å²) in [6.45, 7) is 5.24. The molecule has 0 aliphatic heterocycles. The molecule has 0 aliphatic rings.